The summed E-state index contributed by atoms with van der Waals surface area (Å²) in [6, 6.07) is 0.450. The lowest BCUT2D eigenvalue weighted by atomic mass is 10.1. The summed E-state index contributed by atoms with van der Waals surface area (Å²) in [5.74, 6) is 0. The van der Waals surface area contributed by atoms with Gasteiger partial charge in [-0.3, -0.25) is 0 Å². The zero-order chi connectivity index (χ0) is 11.3. The first-order valence-electron chi connectivity index (χ1n) is 5.82. The molecule has 0 aromatic rings. The van der Waals surface area contributed by atoms with Crippen molar-refractivity contribution >= 4 is 6.09 Å². The Balaban J connectivity index is 2.41. The molecular weight excluding hydrogens is 192 g/mol. The van der Waals surface area contributed by atoms with Crippen molar-refractivity contribution in [2.45, 2.75) is 45.7 Å². The zero-order valence-electron chi connectivity index (χ0n) is 9.95. The number of carbonyl (C=O) groups is 1. The van der Waals surface area contributed by atoms with Crippen LogP contribution in [-0.4, -0.2) is 42.8 Å². The Labute approximate surface area is 92.0 Å². The Kier molecular flexibility index (Phi) is 4.88. The van der Waals surface area contributed by atoms with Crippen LogP contribution in [0.15, 0.2) is 0 Å². The van der Waals surface area contributed by atoms with E-state index in [1.54, 1.807) is 0 Å². The molecule has 1 rings (SSSR count). The number of carbonyl (C=O) groups excluding carboxylic acids is 1. The van der Waals surface area contributed by atoms with Crippen LogP contribution in [0.3, 0.4) is 0 Å². The Morgan fingerprint density at radius 1 is 1.40 bits per heavy atom. The van der Waals surface area contributed by atoms with Gasteiger partial charge in [0.1, 0.15) is 0 Å². The highest BCUT2D eigenvalue weighted by atomic mass is 16.6. The van der Waals surface area contributed by atoms with E-state index >= 15 is 0 Å². The van der Waals surface area contributed by atoms with Crippen molar-refractivity contribution in [2.24, 2.45) is 0 Å². The van der Waals surface area contributed by atoms with Gasteiger partial charge in [0.25, 0.3) is 0 Å². The molecule has 1 aliphatic heterocycles. The number of nitrogens with zero attached hydrogens (tertiary/aromatic N) is 1. The van der Waals surface area contributed by atoms with E-state index in [4.69, 9.17) is 4.74 Å². The second-order valence-electron chi connectivity index (χ2n) is 4.23. The largest absolute Gasteiger partial charge is 0.449 e. The smallest absolute Gasteiger partial charge is 0.410 e. The summed E-state index contributed by atoms with van der Waals surface area (Å²) in [5, 5.41) is 3.29. The van der Waals surface area contributed by atoms with Crippen molar-refractivity contribution in [3.05, 3.63) is 0 Å². The summed E-state index contributed by atoms with van der Waals surface area (Å²) in [6.45, 7) is 8.43. The molecule has 0 spiro atoms. The third kappa shape index (κ3) is 3.38. The molecule has 0 saturated carbocycles. The molecule has 15 heavy (non-hydrogen) atoms. The molecule has 0 unspecified atom stereocenters. The Morgan fingerprint density at radius 3 is 2.53 bits per heavy atom. The molecule has 0 bridgehead atoms. The normalized spacial score (nSPS) is 26.5. The average Bonchev–Trinajstić information content (AvgIpc) is 2.18. The Hall–Kier alpha value is -0.770. The number of ether oxygens (including phenoxy) is 1. The first-order valence-corrected chi connectivity index (χ1v) is 5.82. The lowest BCUT2D eigenvalue weighted by Crippen LogP contribution is -2.57. The summed E-state index contributed by atoms with van der Waals surface area (Å²) in [6.07, 6.45) is 1.84. The molecule has 4 heteroatoms. The maximum atomic E-state index is 11.8. The van der Waals surface area contributed by atoms with Gasteiger partial charge in [0.05, 0.1) is 6.61 Å². The fourth-order valence-corrected chi connectivity index (χ4v) is 1.87. The van der Waals surface area contributed by atoms with Gasteiger partial charge in [-0.2, -0.15) is 0 Å². The van der Waals surface area contributed by atoms with Crippen LogP contribution < -0.4 is 5.32 Å². The maximum Gasteiger partial charge on any atom is 0.410 e. The standard InChI is InChI=1S/C11H22N2O2/c1-4-5-6-15-11(14)13-9(2)7-12-8-10(13)3/h9-10,12H,4-8H2,1-3H3/t9-,10-/m1/s1. The molecule has 0 aliphatic carbocycles. The van der Waals surface area contributed by atoms with Crippen molar-refractivity contribution in [1.29, 1.82) is 0 Å². The second kappa shape index (κ2) is 5.95. The number of unbranched alkanes of at least 4 members (excludes halogenated alkanes) is 1. The van der Waals surface area contributed by atoms with E-state index in [0.717, 1.165) is 25.9 Å². The molecule has 1 aliphatic rings. The van der Waals surface area contributed by atoms with Crippen molar-refractivity contribution < 1.29 is 9.53 Å². The van der Waals surface area contributed by atoms with Crippen LogP contribution in [0.4, 0.5) is 4.79 Å². The van der Waals surface area contributed by atoms with E-state index in [9.17, 15) is 4.79 Å². The van der Waals surface area contributed by atoms with Gasteiger partial charge in [0.15, 0.2) is 0 Å². The molecule has 2 atom stereocenters. The molecule has 0 radical (unpaired) electrons. The van der Waals surface area contributed by atoms with Crippen LogP contribution in [0.25, 0.3) is 0 Å². The van der Waals surface area contributed by atoms with E-state index in [-0.39, 0.29) is 18.2 Å². The first-order chi connectivity index (χ1) is 7.16. The number of hydrogen-bond acceptors (Lipinski definition) is 3. The van der Waals surface area contributed by atoms with Gasteiger partial charge in [0, 0.05) is 25.2 Å². The number of rotatable bonds is 3. The molecule has 1 saturated heterocycles. The summed E-state index contributed by atoms with van der Waals surface area (Å²) in [7, 11) is 0. The minimum atomic E-state index is -0.162. The molecule has 1 fully saturated rings. The highest BCUT2D eigenvalue weighted by Gasteiger charge is 2.29. The summed E-state index contributed by atoms with van der Waals surface area (Å²) >= 11 is 0. The third-order valence-electron chi connectivity index (χ3n) is 2.76. The predicted molar refractivity (Wildman–Crippen MR) is 59.9 cm³/mol. The van der Waals surface area contributed by atoms with Crippen LogP contribution in [0, 0.1) is 0 Å². The molecule has 0 aromatic carbocycles. The highest BCUT2D eigenvalue weighted by molar-refractivity contribution is 5.68. The van der Waals surface area contributed by atoms with Gasteiger partial charge in [-0.1, -0.05) is 13.3 Å². The Morgan fingerprint density at radius 2 is 2.00 bits per heavy atom. The van der Waals surface area contributed by atoms with Crippen LogP contribution in [0.5, 0.6) is 0 Å². The lowest BCUT2D eigenvalue weighted by Gasteiger charge is -2.38. The van der Waals surface area contributed by atoms with Gasteiger partial charge < -0.3 is 15.0 Å². The summed E-state index contributed by atoms with van der Waals surface area (Å²) in [5.41, 5.74) is 0. The summed E-state index contributed by atoms with van der Waals surface area (Å²) in [4.78, 5) is 13.6. The van der Waals surface area contributed by atoms with Gasteiger partial charge in [-0.25, -0.2) is 4.79 Å². The van der Waals surface area contributed by atoms with E-state index in [2.05, 4.69) is 12.2 Å². The van der Waals surface area contributed by atoms with E-state index in [1.807, 2.05) is 18.7 Å². The minimum Gasteiger partial charge on any atom is -0.449 e. The topological polar surface area (TPSA) is 41.6 Å². The van der Waals surface area contributed by atoms with Crippen molar-refractivity contribution in [1.82, 2.24) is 10.2 Å². The third-order valence-corrected chi connectivity index (χ3v) is 2.76. The average molecular weight is 214 g/mol. The summed E-state index contributed by atoms with van der Waals surface area (Å²) < 4.78 is 5.22. The molecule has 4 nitrogen and oxygen atoms in total. The first kappa shape index (κ1) is 12.3. The number of nitrogens with one attached hydrogen (secondary N) is 1. The highest BCUT2D eigenvalue weighted by Crippen LogP contribution is 2.11. The quantitative estimate of drug-likeness (QED) is 0.726. The molecule has 1 amide bonds. The Bertz CT molecular complexity index is 199. The SMILES string of the molecule is CCCCOC(=O)N1[C@H](C)CNC[C@H]1C. The van der Waals surface area contributed by atoms with Crippen LogP contribution in [0.1, 0.15) is 33.6 Å². The van der Waals surface area contributed by atoms with Crippen LogP contribution in [0.2, 0.25) is 0 Å². The predicted octanol–water partition coefficient (Wildman–Crippen LogP) is 1.61. The molecular formula is C11H22N2O2. The van der Waals surface area contributed by atoms with Crippen LogP contribution in [-0.2, 0) is 4.74 Å². The minimum absolute atomic E-state index is 0.162. The number of amides is 1. The second-order valence-corrected chi connectivity index (χ2v) is 4.23. The zero-order valence-corrected chi connectivity index (χ0v) is 9.95. The van der Waals surface area contributed by atoms with Gasteiger partial charge >= 0.3 is 6.09 Å². The van der Waals surface area contributed by atoms with Gasteiger partial charge in [-0.05, 0) is 20.3 Å². The van der Waals surface area contributed by atoms with E-state index in [0.29, 0.717) is 6.61 Å². The molecule has 1 heterocycles. The van der Waals surface area contributed by atoms with E-state index < -0.39 is 0 Å². The van der Waals surface area contributed by atoms with Crippen molar-refractivity contribution in [3.63, 3.8) is 0 Å². The maximum absolute atomic E-state index is 11.8. The fourth-order valence-electron chi connectivity index (χ4n) is 1.87. The molecule has 1 N–H and O–H groups in total. The monoisotopic (exact) mass is 214 g/mol. The van der Waals surface area contributed by atoms with Crippen molar-refractivity contribution in [3.8, 4) is 0 Å². The molecule has 0 aromatic heterocycles. The number of piperazine rings is 1. The fraction of sp³-hybridized carbons (Fsp3) is 0.909. The van der Waals surface area contributed by atoms with Gasteiger partial charge in [-0.15, -0.1) is 0 Å². The van der Waals surface area contributed by atoms with Gasteiger partial charge in [0.2, 0.25) is 0 Å². The van der Waals surface area contributed by atoms with Crippen molar-refractivity contribution in [2.75, 3.05) is 19.7 Å². The van der Waals surface area contributed by atoms with Crippen LogP contribution >= 0.6 is 0 Å². The number of hydrogen-bond donors (Lipinski definition) is 1. The van der Waals surface area contributed by atoms with E-state index in [1.165, 1.54) is 0 Å². The lowest BCUT2D eigenvalue weighted by molar-refractivity contribution is 0.0603. The molecule has 88 valence electrons.